The van der Waals surface area contributed by atoms with Crippen molar-refractivity contribution >= 4 is 17.1 Å². The van der Waals surface area contributed by atoms with Gasteiger partial charge >= 0.3 is 0 Å². The Kier molecular flexibility index (Phi) is 3.05. The van der Waals surface area contributed by atoms with E-state index in [1.54, 1.807) is 0 Å². The Bertz CT molecular complexity index is 550. The Labute approximate surface area is 84.3 Å². The lowest BCUT2D eigenvalue weighted by atomic mass is 10.5. The van der Waals surface area contributed by atoms with Crippen molar-refractivity contribution in [3.8, 4) is 12.3 Å². The van der Waals surface area contributed by atoms with Gasteiger partial charge in [-0.1, -0.05) is 5.92 Å². The average Bonchev–Trinajstić information content (AvgIpc) is 2.63. The van der Waals surface area contributed by atoms with Crippen molar-refractivity contribution in [2.75, 3.05) is 11.9 Å². The highest BCUT2D eigenvalue weighted by molar-refractivity contribution is 5.69. The summed E-state index contributed by atoms with van der Waals surface area (Å²) in [5.41, 5.74) is 0.455. The molecule has 0 bridgehead atoms. The highest BCUT2D eigenvalue weighted by atomic mass is 16.1. The molecule has 2 heterocycles. The first-order chi connectivity index (χ1) is 6.81. The molecule has 0 radical (unpaired) electrons. The first-order valence-corrected chi connectivity index (χ1v) is 3.92. The lowest BCUT2D eigenvalue weighted by molar-refractivity contribution is 0.824. The minimum atomic E-state index is -0.271. The van der Waals surface area contributed by atoms with Crippen LogP contribution in [0, 0.1) is 12.3 Å². The van der Waals surface area contributed by atoms with Gasteiger partial charge in [0.15, 0.2) is 11.2 Å². The van der Waals surface area contributed by atoms with Gasteiger partial charge in [-0.25, -0.2) is 4.98 Å². The molecule has 5 N–H and O–H groups in total. The molecule has 0 aliphatic rings. The SMILES string of the molecule is C#CCNc1nc2nc[nH]c2c(=O)[nH]1.O. The summed E-state index contributed by atoms with van der Waals surface area (Å²) >= 11 is 0. The first kappa shape index (κ1) is 10.7. The van der Waals surface area contributed by atoms with Crippen LogP contribution in [0.2, 0.25) is 0 Å². The van der Waals surface area contributed by atoms with Gasteiger partial charge in [0.1, 0.15) is 0 Å². The molecule has 0 spiro atoms. The van der Waals surface area contributed by atoms with Gasteiger partial charge in [-0.3, -0.25) is 9.78 Å². The second kappa shape index (κ2) is 4.26. The summed E-state index contributed by atoms with van der Waals surface area (Å²) < 4.78 is 0. The molecule has 0 saturated heterocycles. The van der Waals surface area contributed by atoms with Gasteiger partial charge in [0.25, 0.3) is 5.56 Å². The van der Waals surface area contributed by atoms with Gasteiger partial charge in [0.2, 0.25) is 5.95 Å². The molecule has 0 aromatic carbocycles. The Morgan fingerprint density at radius 3 is 3.13 bits per heavy atom. The topological polar surface area (TPSA) is 118 Å². The number of rotatable bonds is 2. The third-order valence-electron chi connectivity index (χ3n) is 1.65. The van der Waals surface area contributed by atoms with Gasteiger partial charge in [0.05, 0.1) is 12.9 Å². The van der Waals surface area contributed by atoms with Gasteiger partial charge < -0.3 is 15.8 Å². The van der Waals surface area contributed by atoms with Crippen molar-refractivity contribution in [3.05, 3.63) is 16.7 Å². The Morgan fingerprint density at radius 2 is 2.40 bits per heavy atom. The monoisotopic (exact) mass is 207 g/mol. The quantitative estimate of drug-likeness (QED) is 0.539. The van der Waals surface area contributed by atoms with E-state index >= 15 is 0 Å². The Hall–Kier alpha value is -2.33. The maximum absolute atomic E-state index is 11.4. The fourth-order valence-corrected chi connectivity index (χ4v) is 1.06. The normalized spacial score (nSPS) is 9.27. The largest absolute Gasteiger partial charge is 0.412 e. The smallest absolute Gasteiger partial charge is 0.278 e. The predicted octanol–water partition coefficient (Wildman–Crippen LogP) is -1.13. The van der Waals surface area contributed by atoms with Crippen molar-refractivity contribution in [1.29, 1.82) is 0 Å². The minimum absolute atomic E-state index is 0. The van der Waals surface area contributed by atoms with E-state index in [9.17, 15) is 4.79 Å². The van der Waals surface area contributed by atoms with Gasteiger partial charge in [0, 0.05) is 0 Å². The lowest BCUT2D eigenvalue weighted by Crippen LogP contribution is -2.13. The van der Waals surface area contributed by atoms with Crippen molar-refractivity contribution < 1.29 is 5.48 Å². The molecule has 15 heavy (non-hydrogen) atoms. The van der Waals surface area contributed by atoms with E-state index < -0.39 is 0 Å². The predicted molar refractivity (Wildman–Crippen MR) is 55.4 cm³/mol. The fraction of sp³-hybridized carbons (Fsp3) is 0.125. The Balaban J connectivity index is 0.00000112. The van der Waals surface area contributed by atoms with Crippen LogP contribution in [0.25, 0.3) is 11.2 Å². The second-order valence-corrected chi connectivity index (χ2v) is 2.57. The number of nitrogens with zero attached hydrogens (tertiary/aromatic N) is 2. The molecule has 2 aromatic rings. The number of terminal acetylenes is 1. The average molecular weight is 207 g/mol. The molecule has 7 heteroatoms. The molecule has 2 rings (SSSR count). The number of aromatic nitrogens is 4. The number of hydrogen-bond acceptors (Lipinski definition) is 4. The third-order valence-corrected chi connectivity index (χ3v) is 1.65. The van der Waals surface area contributed by atoms with Gasteiger partial charge in [-0.05, 0) is 0 Å². The van der Waals surface area contributed by atoms with Crippen molar-refractivity contribution in [2.45, 2.75) is 0 Å². The zero-order valence-corrected chi connectivity index (χ0v) is 7.66. The summed E-state index contributed by atoms with van der Waals surface area (Å²) in [6.45, 7) is 0.304. The zero-order chi connectivity index (χ0) is 9.97. The summed E-state index contributed by atoms with van der Waals surface area (Å²) in [7, 11) is 0. The number of anilines is 1. The standard InChI is InChI=1S/C8H7N5O.H2O/c1-2-3-9-8-12-6-5(7(14)13-8)10-4-11-6;/h1,4H,3H2,(H3,9,10,11,12,13,14);1H2. The van der Waals surface area contributed by atoms with E-state index in [-0.39, 0.29) is 11.0 Å². The lowest BCUT2D eigenvalue weighted by Gasteiger charge is -1.99. The molecule has 0 atom stereocenters. The van der Waals surface area contributed by atoms with E-state index in [1.807, 2.05) is 0 Å². The molecule has 0 unspecified atom stereocenters. The van der Waals surface area contributed by atoms with E-state index in [2.05, 4.69) is 31.2 Å². The zero-order valence-electron chi connectivity index (χ0n) is 7.66. The van der Waals surface area contributed by atoms with Gasteiger partial charge in [-0.15, -0.1) is 6.42 Å². The third kappa shape index (κ3) is 1.95. The molecule has 2 aromatic heterocycles. The summed E-state index contributed by atoms with van der Waals surface area (Å²) in [5.74, 6) is 2.70. The highest BCUT2D eigenvalue weighted by Crippen LogP contribution is 2.01. The molecule has 0 saturated carbocycles. The fourth-order valence-electron chi connectivity index (χ4n) is 1.06. The number of nitrogens with one attached hydrogen (secondary N) is 3. The summed E-state index contributed by atoms with van der Waals surface area (Å²) in [6.07, 6.45) is 6.47. The maximum Gasteiger partial charge on any atom is 0.278 e. The molecule has 7 nitrogen and oxygen atoms in total. The molecule has 78 valence electrons. The Morgan fingerprint density at radius 1 is 1.60 bits per heavy atom. The first-order valence-electron chi connectivity index (χ1n) is 3.92. The molecular formula is C8H9N5O2. The molecular weight excluding hydrogens is 198 g/mol. The molecule has 0 fully saturated rings. The van der Waals surface area contributed by atoms with Crippen LogP contribution >= 0.6 is 0 Å². The van der Waals surface area contributed by atoms with Crippen LogP contribution in [0.4, 0.5) is 5.95 Å². The van der Waals surface area contributed by atoms with Crippen LogP contribution in [0.3, 0.4) is 0 Å². The van der Waals surface area contributed by atoms with E-state index in [0.717, 1.165) is 0 Å². The van der Waals surface area contributed by atoms with E-state index in [1.165, 1.54) is 6.33 Å². The van der Waals surface area contributed by atoms with Crippen molar-refractivity contribution in [3.63, 3.8) is 0 Å². The maximum atomic E-state index is 11.4. The summed E-state index contributed by atoms with van der Waals surface area (Å²) in [5, 5.41) is 2.76. The molecule has 0 aliphatic carbocycles. The van der Waals surface area contributed by atoms with Crippen LogP contribution in [-0.4, -0.2) is 32.0 Å². The van der Waals surface area contributed by atoms with Crippen LogP contribution in [0.15, 0.2) is 11.1 Å². The number of aromatic amines is 2. The second-order valence-electron chi connectivity index (χ2n) is 2.57. The summed E-state index contributed by atoms with van der Waals surface area (Å²) in [6, 6.07) is 0. The van der Waals surface area contributed by atoms with Crippen molar-refractivity contribution in [1.82, 2.24) is 19.9 Å². The number of fused-ring (bicyclic) bond motifs is 1. The number of hydrogen-bond donors (Lipinski definition) is 3. The van der Waals surface area contributed by atoms with Crippen LogP contribution in [0.5, 0.6) is 0 Å². The number of H-pyrrole nitrogens is 2. The van der Waals surface area contributed by atoms with Gasteiger partial charge in [-0.2, -0.15) is 4.98 Å². The summed E-state index contributed by atoms with van der Waals surface area (Å²) in [4.78, 5) is 24.5. The van der Waals surface area contributed by atoms with Crippen LogP contribution in [-0.2, 0) is 0 Å². The molecule has 0 amide bonds. The molecule has 0 aliphatic heterocycles. The van der Waals surface area contributed by atoms with Crippen molar-refractivity contribution in [2.24, 2.45) is 0 Å². The van der Waals surface area contributed by atoms with E-state index in [0.29, 0.717) is 23.7 Å². The van der Waals surface area contributed by atoms with Crippen LogP contribution in [0.1, 0.15) is 0 Å². The minimum Gasteiger partial charge on any atom is -0.412 e. The van der Waals surface area contributed by atoms with E-state index in [4.69, 9.17) is 6.42 Å². The van der Waals surface area contributed by atoms with Crippen LogP contribution < -0.4 is 10.9 Å². The number of imidazole rings is 1. The highest BCUT2D eigenvalue weighted by Gasteiger charge is 2.03.